The molecule has 0 saturated heterocycles. The first-order chi connectivity index (χ1) is 12.7. The fourth-order valence-electron chi connectivity index (χ4n) is 2.84. The number of hydrogen-bond donors (Lipinski definition) is 1. The van der Waals surface area contributed by atoms with Crippen molar-refractivity contribution in [1.29, 1.82) is 0 Å². The van der Waals surface area contributed by atoms with E-state index in [1.54, 1.807) is 43.9 Å². The van der Waals surface area contributed by atoms with Crippen LogP contribution in [-0.4, -0.2) is 35.7 Å². The molecule has 3 aromatic rings. The van der Waals surface area contributed by atoms with Crippen molar-refractivity contribution in [3.05, 3.63) is 76.5 Å². The molecule has 2 heterocycles. The normalized spacial score (nSPS) is 10.8. The number of carbonyl (C=O) groups excluding carboxylic acids is 1. The molecule has 0 unspecified atom stereocenters. The zero-order chi connectivity index (χ0) is 18.4. The second kappa shape index (κ2) is 8.40. The number of ether oxygens (including phenoxy) is 1. The van der Waals surface area contributed by atoms with E-state index < -0.39 is 0 Å². The number of pyridine rings is 2. The molecule has 6 nitrogen and oxygen atoms in total. The summed E-state index contributed by atoms with van der Waals surface area (Å²) in [4.78, 5) is 29.3. The van der Waals surface area contributed by atoms with Gasteiger partial charge in [-0.2, -0.15) is 0 Å². The highest BCUT2D eigenvalue weighted by molar-refractivity contribution is 6.06. The van der Waals surface area contributed by atoms with Gasteiger partial charge in [0.25, 0.3) is 11.5 Å². The average Bonchev–Trinajstić information content (AvgIpc) is 2.68. The molecule has 0 fully saturated rings. The predicted octanol–water partition coefficient (Wildman–Crippen LogP) is 2.02. The number of nitrogens with one attached hydrogen (secondary N) is 1. The van der Waals surface area contributed by atoms with Gasteiger partial charge in [0.1, 0.15) is 0 Å². The third kappa shape index (κ3) is 3.97. The van der Waals surface area contributed by atoms with Crippen molar-refractivity contribution < 1.29 is 9.53 Å². The van der Waals surface area contributed by atoms with Crippen LogP contribution in [-0.2, 0) is 17.7 Å². The molecule has 6 heteroatoms. The second-order valence-corrected chi connectivity index (χ2v) is 5.94. The SMILES string of the molecule is COCCn1cc(C(=O)NCCc2ccncc2)c2ccccc2c1=O. The average molecular weight is 351 g/mol. The van der Waals surface area contributed by atoms with E-state index in [1.807, 2.05) is 18.2 Å². The maximum absolute atomic E-state index is 12.7. The molecule has 26 heavy (non-hydrogen) atoms. The summed E-state index contributed by atoms with van der Waals surface area (Å²) < 4.78 is 6.59. The molecular weight excluding hydrogens is 330 g/mol. The van der Waals surface area contributed by atoms with E-state index in [0.29, 0.717) is 36.0 Å². The molecule has 0 radical (unpaired) electrons. The Balaban J connectivity index is 1.84. The summed E-state index contributed by atoms with van der Waals surface area (Å²) in [6.45, 7) is 1.31. The van der Waals surface area contributed by atoms with Crippen LogP contribution in [0.2, 0.25) is 0 Å². The summed E-state index contributed by atoms with van der Waals surface area (Å²) in [5.74, 6) is -0.193. The molecule has 2 aromatic heterocycles. The van der Waals surface area contributed by atoms with E-state index >= 15 is 0 Å². The molecule has 0 atom stereocenters. The number of fused-ring (bicyclic) bond motifs is 1. The molecule has 0 aliphatic carbocycles. The highest BCUT2D eigenvalue weighted by Gasteiger charge is 2.14. The Bertz CT molecular complexity index is 951. The standard InChI is InChI=1S/C20H21N3O3/c1-26-13-12-23-14-18(16-4-2-3-5-17(16)20(23)25)19(24)22-11-8-15-6-9-21-10-7-15/h2-7,9-10,14H,8,11-13H2,1H3,(H,22,24). The van der Waals surface area contributed by atoms with Gasteiger partial charge in [-0.15, -0.1) is 0 Å². The van der Waals surface area contributed by atoms with Gasteiger partial charge in [-0.25, -0.2) is 0 Å². The highest BCUT2D eigenvalue weighted by Crippen LogP contribution is 2.15. The van der Waals surface area contributed by atoms with Gasteiger partial charge in [-0.1, -0.05) is 18.2 Å². The van der Waals surface area contributed by atoms with E-state index in [4.69, 9.17) is 4.74 Å². The number of rotatable bonds is 7. The highest BCUT2D eigenvalue weighted by atomic mass is 16.5. The van der Waals surface area contributed by atoms with E-state index in [2.05, 4.69) is 10.3 Å². The molecule has 0 spiro atoms. The van der Waals surface area contributed by atoms with Gasteiger partial charge in [0.2, 0.25) is 0 Å². The van der Waals surface area contributed by atoms with Gasteiger partial charge in [0, 0.05) is 49.6 Å². The summed E-state index contributed by atoms with van der Waals surface area (Å²) in [7, 11) is 1.58. The van der Waals surface area contributed by atoms with Gasteiger partial charge in [-0.3, -0.25) is 14.6 Å². The number of nitrogens with zero attached hydrogens (tertiary/aromatic N) is 2. The minimum atomic E-state index is -0.193. The number of hydrogen-bond acceptors (Lipinski definition) is 4. The second-order valence-electron chi connectivity index (χ2n) is 5.94. The Morgan fingerprint density at radius 3 is 2.62 bits per heavy atom. The van der Waals surface area contributed by atoms with Crippen LogP contribution >= 0.6 is 0 Å². The Morgan fingerprint density at radius 2 is 1.88 bits per heavy atom. The van der Waals surface area contributed by atoms with Gasteiger partial charge in [-0.05, 0) is 30.2 Å². The molecular formula is C20H21N3O3. The summed E-state index contributed by atoms with van der Waals surface area (Å²) in [6.07, 6.45) is 5.80. The van der Waals surface area contributed by atoms with Crippen LogP contribution in [0, 0.1) is 0 Å². The minimum absolute atomic E-state index is 0.119. The minimum Gasteiger partial charge on any atom is -0.383 e. The van der Waals surface area contributed by atoms with Crippen molar-refractivity contribution in [1.82, 2.24) is 14.9 Å². The Hall–Kier alpha value is -2.99. The first-order valence-electron chi connectivity index (χ1n) is 8.49. The van der Waals surface area contributed by atoms with Crippen LogP contribution in [0.4, 0.5) is 0 Å². The molecule has 3 rings (SSSR count). The van der Waals surface area contributed by atoms with Crippen LogP contribution in [0.3, 0.4) is 0 Å². The van der Waals surface area contributed by atoms with Crippen molar-refractivity contribution >= 4 is 16.7 Å². The third-order valence-electron chi connectivity index (χ3n) is 4.22. The lowest BCUT2D eigenvalue weighted by molar-refractivity contribution is 0.0954. The molecule has 134 valence electrons. The molecule has 0 bridgehead atoms. The van der Waals surface area contributed by atoms with Crippen LogP contribution in [0.25, 0.3) is 10.8 Å². The Labute approximate surface area is 151 Å². The fourth-order valence-corrected chi connectivity index (χ4v) is 2.84. The van der Waals surface area contributed by atoms with Crippen LogP contribution in [0.5, 0.6) is 0 Å². The summed E-state index contributed by atoms with van der Waals surface area (Å²) in [5, 5.41) is 4.13. The van der Waals surface area contributed by atoms with Gasteiger partial charge >= 0.3 is 0 Å². The first-order valence-corrected chi connectivity index (χ1v) is 8.49. The molecule has 0 aliphatic rings. The molecule has 1 amide bonds. The lowest BCUT2D eigenvalue weighted by Gasteiger charge is -2.12. The zero-order valence-electron chi connectivity index (χ0n) is 14.6. The third-order valence-corrected chi connectivity index (χ3v) is 4.22. The van der Waals surface area contributed by atoms with Crippen molar-refractivity contribution in [2.24, 2.45) is 0 Å². The van der Waals surface area contributed by atoms with Crippen LogP contribution < -0.4 is 10.9 Å². The van der Waals surface area contributed by atoms with Gasteiger partial charge in [0.15, 0.2) is 0 Å². The van der Waals surface area contributed by atoms with E-state index in [0.717, 1.165) is 12.0 Å². The van der Waals surface area contributed by atoms with Crippen LogP contribution in [0.15, 0.2) is 59.8 Å². The summed E-state index contributed by atoms with van der Waals surface area (Å²) in [6, 6.07) is 11.0. The molecule has 1 aromatic carbocycles. The lowest BCUT2D eigenvalue weighted by Crippen LogP contribution is -2.29. The number of amides is 1. The molecule has 0 saturated carbocycles. The number of aromatic nitrogens is 2. The number of methoxy groups -OCH3 is 1. The van der Waals surface area contributed by atoms with Crippen molar-refractivity contribution in [2.45, 2.75) is 13.0 Å². The number of benzene rings is 1. The summed E-state index contributed by atoms with van der Waals surface area (Å²) in [5.41, 5.74) is 1.48. The quantitative estimate of drug-likeness (QED) is 0.707. The Morgan fingerprint density at radius 1 is 1.15 bits per heavy atom. The maximum atomic E-state index is 12.7. The van der Waals surface area contributed by atoms with Gasteiger partial charge in [0.05, 0.1) is 12.2 Å². The smallest absolute Gasteiger partial charge is 0.258 e. The fraction of sp³-hybridized carbons (Fsp3) is 0.250. The summed E-state index contributed by atoms with van der Waals surface area (Å²) >= 11 is 0. The first kappa shape index (κ1) is 17.8. The van der Waals surface area contributed by atoms with E-state index in [9.17, 15) is 9.59 Å². The molecule has 1 N–H and O–H groups in total. The largest absolute Gasteiger partial charge is 0.383 e. The molecule has 0 aliphatic heterocycles. The topological polar surface area (TPSA) is 73.2 Å². The number of carbonyl (C=O) groups is 1. The zero-order valence-corrected chi connectivity index (χ0v) is 14.6. The predicted molar refractivity (Wildman–Crippen MR) is 100 cm³/mol. The van der Waals surface area contributed by atoms with Crippen LogP contribution in [0.1, 0.15) is 15.9 Å². The van der Waals surface area contributed by atoms with Crippen molar-refractivity contribution in [3.8, 4) is 0 Å². The maximum Gasteiger partial charge on any atom is 0.258 e. The van der Waals surface area contributed by atoms with E-state index in [-0.39, 0.29) is 11.5 Å². The lowest BCUT2D eigenvalue weighted by atomic mass is 10.1. The monoisotopic (exact) mass is 351 g/mol. The van der Waals surface area contributed by atoms with Crippen molar-refractivity contribution in [2.75, 3.05) is 20.3 Å². The van der Waals surface area contributed by atoms with Crippen molar-refractivity contribution in [3.63, 3.8) is 0 Å². The van der Waals surface area contributed by atoms with E-state index in [1.165, 1.54) is 4.57 Å². The van der Waals surface area contributed by atoms with Gasteiger partial charge < -0.3 is 14.6 Å². The Kier molecular flexibility index (Phi) is 5.76.